The van der Waals surface area contributed by atoms with Gasteiger partial charge in [-0.2, -0.15) is 0 Å². The quantitative estimate of drug-likeness (QED) is 0.263. The van der Waals surface area contributed by atoms with Crippen LogP contribution in [0.5, 0.6) is 0 Å². The molecule has 0 aromatic carbocycles. The summed E-state index contributed by atoms with van der Waals surface area (Å²) < 4.78 is 4.63. The van der Waals surface area contributed by atoms with Gasteiger partial charge < -0.3 is 20.8 Å². The van der Waals surface area contributed by atoms with Crippen molar-refractivity contribution in [1.29, 1.82) is 0 Å². The van der Waals surface area contributed by atoms with Crippen molar-refractivity contribution in [1.82, 2.24) is 10.5 Å². The van der Waals surface area contributed by atoms with Gasteiger partial charge in [-0.15, -0.1) is 0 Å². The first-order chi connectivity index (χ1) is 6.24. The summed E-state index contributed by atoms with van der Waals surface area (Å²) in [4.78, 5) is 0. The average Bonchev–Trinajstić information content (AvgIpc) is 2.65. The molecule has 1 aromatic rings. The van der Waals surface area contributed by atoms with Crippen molar-refractivity contribution in [2.75, 3.05) is 0 Å². The minimum Gasteiger partial charge on any atom is -0.409 e. The molecule has 0 fully saturated rings. The fourth-order valence-electron chi connectivity index (χ4n) is 0.778. The zero-order chi connectivity index (χ0) is 9.68. The van der Waals surface area contributed by atoms with E-state index in [-0.39, 0.29) is 11.9 Å². The van der Waals surface area contributed by atoms with Crippen molar-refractivity contribution in [3.63, 3.8) is 0 Å². The molecule has 72 valence electrons. The van der Waals surface area contributed by atoms with Crippen molar-refractivity contribution in [3.8, 4) is 0 Å². The van der Waals surface area contributed by atoms with Crippen LogP contribution in [0.3, 0.4) is 0 Å². The van der Waals surface area contributed by atoms with E-state index in [0.717, 1.165) is 5.69 Å². The highest BCUT2D eigenvalue weighted by molar-refractivity contribution is 5.84. The molecule has 1 rings (SSSR count). The lowest BCUT2D eigenvalue weighted by Crippen LogP contribution is -2.38. The van der Waals surface area contributed by atoms with Crippen molar-refractivity contribution < 1.29 is 9.73 Å². The molecule has 1 aromatic heterocycles. The second kappa shape index (κ2) is 4.46. The molecule has 0 saturated heterocycles. The summed E-state index contributed by atoms with van der Waals surface area (Å²) >= 11 is 0. The van der Waals surface area contributed by atoms with Gasteiger partial charge in [0.05, 0.1) is 11.7 Å². The van der Waals surface area contributed by atoms with Crippen molar-refractivity contribution in [2.45, 2.75) is 19.5 Å². The van der Waals surface area contributed by atoms with Gasteiger partial charge in [0.1, 0.15) is 6.26 Å². The lowest BCUT2D eigenvalue weighted by Gasteiger charge is -2.09. The van der Waals surface area contributed by atoms with Crippen LogP contribution in [0.25, 0.3) is 0 Å². The Hall–Kier alpha value is -1.56. The van der Waals surface area contributed by atoms with E-state index < -0.39 is 0 Å². The van der Waals surface area contributed by atoms with Gasteiger partial charge in [-0.25, -0.2) is 0 Å². The molecule has 1 heterocycles. The molecule has 0 bridgehead atoms. The maximum absolute atomic E-state index is 8.35. The molecule has 13 heavy (non-hydrogen) atoms. The number of amidine groups is 1. The molecular weight excluding hydrogens is 172 g/mol. The standard InChI is InChI=1S/C7H12N4O2/c1-5(7(8)10-12)9-4-6-2-3-13-11-6/h2-3,5,9,12H,4H2,1H3,(H2,8,10). The van der Waals surface area contributed by atoms with Crippen LogP contribution >= 0.6 is 0 Å². The van der Waals surface area contributed by atoms with E-state index in [1.807, 2.05) is 0 Å². The molecule has 0 aliphatic rings. The predicted octanol–water partition coefficient (Wildman–Crippen LogP) is -0.101. The van der Waals surface area contributed by atoms with Gasteiger partial charge in [0.15, 0.2) is 5.84 Å². The maximum Gasteiger partial charge on any atom is 0.156 e. The van der Waals surface area contributed by atoms with Gasteiger partial charge in [-0.3, -0.25) is 0 Å². The first-order valence-electron chi connectivity index (χ1n) is 3.84. The van der Waals surface area contributed by atoms with E-state index in [0.29, 0.717) is 6.54 Å². The minimum absolute atomic E-state index is 0.142. The van der Waals surface area contributed by atoms with Gasteiger partial charge in [0.25, 0.3) is 0 Å². The van der Waals surface area contributed by atoms with Crippen LogP contribution in [0.1, 0.15) is 12.6 Å². The fourth-order valence-corrected chi connectivity index (χ4v) is 0.778. The second-order valence-electron chi connectivity index (χ2n) is 2.62. The van der Waals surface area contributed by atoms with Crippen LogP contribution in [-0.2, 0) is 6.54 Å². The average molecular weight is 184 g/mol. The van der Waals surface area contributed by atoms with Crippen molar-refractivity contribution in [2.24, 2.45) is 10.9 Å². The molecule has 0 amide bonds. The first kappa shape index (κ1) is 9.53. The molecule has 0 saturated carbocycles. The Bertz CT molecular complexity index is 270. The highest BCUT2D eigenvalue weighted by atomic mass is 16.5. The fraction of sp³-hybridized carbons (Fsp3) is 0.429. The molecule has 4 N–H and O–H groups in total. The van der Waals surface area contributed by atoms with Crippen LogP contribution in [-0.4, -0.2) is 22.2 Å². The number of rotatable bonds is 4. The van der Waals surface area contributed by atoms with Crippen molar-refractivity contribution >= 4 is 5.84 Å². The molecule has 0 aliphatic heterocycles. The number of oxime groups is 1. The topological polar surface area (TPSA) is 96.7 Å². The van der Waals surface area contributed by atoms with Crippen molar-refractivity contribution in [3.05, 3.63) is 18.0 Å². The zero-order valence-corrected chi connectivity index (χ0v) is 7.27. The van der Waals surface area contributed by atoms with Crippen LogP contribution < -0.4 is 11.1 Å². The van der Waals surface area contributed by atoms with Gasteiger partial charge >= 0.3 is 0 Å². The van der Waals surface area contributed by atoms with Gasteiger partial charge in [-0.05, 0) is 6.92 Å². The zero-order valence-electron chi connectivity index (χ0n) is 7.27. The van der Waals surface area contributed by atoms with Gasteiger partial charge in [0.2, 0.25) is 0 Å². The Morgan fingerprint density at radius 3 is 3.23 bits per heavy atom. The lowest BCUT2D eigenvalue weighted by atomic mass is 10.3. The number of nitrogens with zero attached hydrogens (tertiary/aromatic N) is 2. The normalized spacial score (nSPS) is 14.4. The van der Waals surface area contributed by atoms with E-state index in [4.69, 9.17) is 10.9 Å². The summed E-state index contributed by atoms with van der Waals surface area (Å²) in [6, 6.07) is 1.55. The molecular formula is C7H12N4O2. The minimum atomic E-state index is -0.193. The number of nitrogens with two attached hydrogens (primary N) is 1. The third-order valence-corrected chi connectivity index (χ3v) is 1.64. The van der Waals surface area contributed by atoms with E-state index >= 15 is 0 Å². The van der Waals surface area contributed by atoms with E-state index in [9.17, 15) is 0 Å². The smallest absolute Gasteiger partial charge is 0.156 e. The van der Waals surface area contributed by atoms with Gasteiger partial charge in [0, 0.05) is 12.6 Å². The Morgan fingerprint density at radius 2 is 2.69 bits per heavy atom. The van der Waals surface area contributed by atoms with Crippen LogP contribution in [0.2, 0.25) is 0 Å². The molecule has 6 heteroatoms. The monoisotopic (exact) mass is 184 g/mol. The SMILES string of the molecule is CC(NCc1ccon1)/C(N)=N/O. The summed E-state index contributed by atoms with van der Waals surface area (Å²) in [5.41, 5.74) is 6.13. The molecule has 1 atom stereocenters. The molecule has 0 spiro atoms. The molecule has 0 aliphatic carbocycles. The Morgan fingerprint density at radius 1 is 1.92 bits per heavy atom. The number of nitrogens with one attached hydrogen (secondary N) is 1. The largest absolute Gasteiger partial charge is 0.409 e. The Balaban J connectivity index is 2.35. The summed E-state index contributed by atoms with van der Waals surface area (Å²) in [7, 11) is 0. The van der Waals surface area contributed by atoms with Crippen LogP contribution in [0, 0.1) is 0 Å². The lowest BCUT2D eigenvalue weighted by molar-refractivity contribution is 0.315. The maximum atomic E-state index is 8.35. The van der Waals surface area contributed by atoms with E-state index in [1.165, 1.54) is 6.26 Å². The first-order valence-corrected chi connectivity index (χ1v) is 3.84. The highest BCUT2D eigenvalue weighted by Crippen LogP contribution is 1.94. The van der Waals surface area contributed by atoms with Gasteiger partial charge in [-0.1, -0.05) is 10.3 Å². The number of hydrogen-bond donors (Lipinski definition) is 3. The van der Waals surface area contributed by atoms with E-state index in [1.54, 1.807) is 13.0 Å². The van der Waals surface area contributed by atoms with Crippen LogP contribution in [0.4, 0.5) is 0 Å². The third kappa shape index (κ3) is 2.75. The number of aromatic nitrogens is 1. The third-order valence-electron chi connectivity index (χ3n) is 1.64. The Kier molecular flexibility index (Phi) is 3.27. The molecule has 6 nitrogen and oxygen atoms in total. The van der Waals surface area contributed by atoms with E-state index in [2.05, 4.69) is 20.2 Å². The van der Waals surface area contributed by atoms with Crippen LogP contribution in [0.15, 0.2) is 22.0 Å². The molecule has 1 unspecified atom stereocenters. The second-order valence-corrected chi connectivity index (χ2v) is 2.62. The highest BCUT2D eigenvalue weighted by Gasteiger charge is 2.06. The summed E-state index contributed by atoms with van der Waals surface area (Å²) in [6.45, 7) is 2.31. The Labute approximate surface area is 75.4 Å². The summed E-state index contributed by atoms with van der Waals surface area (Å²) in [5.74, 6) is 0.142. The molecule has 0 radical (unpaired) electrons. The number of hydrogen-bond acceptors (Lipinski definition) is 5. The summed E-state index contributed by atoms with van der Waals surface area (Å²) in [5, 5.41) is 17.9. The predicted molar refractivity (Wildman–Crippen MR) is 46.2 cm³/mol. The summed E-state index contributed by atoms with van der Waals surface area (Å²) in [6.07, 6.45) is 1.49.